The minimum absolute atomic E-state index is 0. The van der Waals surface area contributed by atoms with Gasteiger partial charge in [-0.25, -0.2) is 0 Å². The van der Waals surface area contributed by atoms with Crippen LogP contribution in [0.1, 0.15) is 5.56 Å². The molecule has 0 aliphatic carbocycles. The summed E-state index contributed by atoms with van der Waals surface area (Å²) in [5, 5.41) is 0. The first kappa shape index (κ1) is 15.8. The Hall–Kier alpha value is -0.220. The standard InChI is InChI=1S/C7H8O6S2.Ag/c1-5-2-3-6(14(8,9)10)7(4-5)15(11,12)13;/h2-4H,1H3,(H,8,9,10)(H,11,12,13);. The van der Waals surface area contributed by atoms with Gasteiger partial charge in [0.15, 0.2) is 0 Å². The van der Waals surface area contributed by atoms with Crippen molar-refractivity contribution in [3.8, 4) is 0 Å². The number of aryl methyl sites for hydroxylation is 1. The molecule has 0 aliphatic rings. The fraction of sp³-hybridized carbons (Fsp3) is 0.143. The van der Waals surface area contributed by atoms with Crippen LogP contribution in [0.4, 0.5) is 0 Å². The predicted molar refractivity (Wildman–Crippen MR) is 50.8 cm³/mol. The van der Waals surface area contributed by atoms with Crippen molar-refractivity contribution < 1.29 is 48.3 Å². The summed E-state index contributed by atoms with van der Waals surface area (Å²) in [5.74, 6) is 0. The molecule has 16 heavy (non-hydrogen) atoms. The first-order valence-corrected chi connectivity index (χ1v) is 6.56. The average Bonchev–Trinajstić information content (AvgIpc) is 2.00. The third-order valence-electron chi connectivity index (χ3n) is 1.66. The molecule has 0 heterocycles. The van der Waals surface area contributed by atoms with Crippen LogP contribution in [0.3, 0.4) is 0 Å². The van der Waals surface area contributed by atoms with Crippen molar-refractivity contribution in [1.29, 1.82) is 0 Å². The maximum absolute atomic E-state index is 10.8. The smallest absolute Gasteiger partial charge is 0.282 e. The molecule has 9 heteroatoms. The van der Waals surface area contributed by atoms with Crippen molar-refractivity contribution in [1.82, 2.24) is 0 Å². The molecule has 1 radical (unpaired) electrons. The Morgan fingerprint density at radius 1 is 0.938 bits per heavy atom. The van der Waals surface area contributed by atoms with Crippen LogP contribution < -0.4 is 0 Å². The Kier molecular flexibility index (Phi) is 4.90. The molecule has 0 bridgehead atoms. The van der Waals surface area contributed by atoms with E-state index >= 15 is 0 Å². The molecule has 95 valence electrons. The van der Waals surface area contributed by atoms with E-state index in [1.165, 1.54) is 13.0 Å². The van der Waals surface area contributed by atoms with Gasteiger partial charge in [-0.3, -0.25) is 9.11 Å². The van der Waals surface area contributed by atoms with E-state index in [1.54, 1.807) is 0 Å². The van der Waals surface area contributed by atoms with Crippen LogP contribution in [0, 0.1) is 6.92 Å². The van der Waals surface area contributed by atoms with Gasteiger partial charge in [0.05, 0.1) is 0 Å². The van der Waals surface area contributed by atoms with Gasteiger partial charge in [0.1, 0.15) is 9.79 Å². The third-order valence-corrected chi connectivity index (χ3v) is 3.59. The minimum Gasteiger partial charge on any atom is -0.282 e. The zero-order chi connectivity index (χ0) is 11.9. The molecule has 0 amide bonds. The fourth-order valence-electron chi connectivity index (χ4n) is 1.03. The molecule has 0 saturated carbocycles. The summed E-state index contributed by atoms with van der Waals surface area (Å²) >= 11 is 0. The van der Waals surface area contributed by atoms with Crippen LogP contribution >= 0.6 is 0 Å². The summed E-state index contributed by atoms with van der Waals surface area (Å²) in [6, 6.07) is 3.17. The summed E-state index contributed by atoms with van der Waals surface area (Å²) in [4.78, 5) is -1.67. The van der Waals surface area contributed by atoms with Crippen LogP contribution in [0.25, 0.3) is 0 Å². The van der Waals surface area contributed by atoms with Crippen molar-refractivity contribution in [3.05, 3.63) is 23.8 Å². The molecule has 0 aromatic heterocycles. The zero-order valence-electron chi connectivity index (χ0n) is 7.88. The number of benzene rings is 1. The van der Waals surface area contributed by atoms with Gasteiger partial charge in [-0.05, 0) is 24.6 Å². The topological polar surface area (TPSA) is 109 Å². The molecular formula is C7H8AgO6S2. The van der Waals surface area contributed by atoms with Crippen LogP contribution in [-0.4, -0.2) is 25.9 Å². The normalized spacial score (nSPS) is 11.9. The van der Waals surface area contributed by atoms with Crippen LogP contribution in [0.2, 0.25) is 0 Å². The molecule has 6 nitrogen and oxygen atoms in total. The molecule has 1 aromatic rings. The Labute approximate surface area is 109 Å². The van der Waals surface area contributed by atoms with Gasteiger partial charge in [0.25, 0.3) is 20.2 Å². The van der Waals surface area contributed by atoms with E-state index in [0.717, 1.165) is 12.1 Å². The van der Waals surface area contributed by atoms with Gasteiger partial charge >= 0.3 is 0 Å². The Bertz CT molecular complexity index is 589. The second-order valence-corrected chi connectivity index (χ2v) is 5.68. The maximum atomic E-state index is 10.8. The van der Waals surface area contributed by atoms with E-state index in [0.29, 0.717) is 5.56 Å². The van der Waals surface area contributed by atoms with Gasteiger partial charge in [0.2, 0.25) is 0 Å². The van der Waals surface area contributed by atoms with Gasteiger partial charge in [-0.15, -0.1) is 0 Å². The molecule has 0 atom stereocenters. The molecule has 2 N–H and O–H groups in total. The van der Waals surface area contributed by atoms with Crippen molar-refractivity contribution in [3.63, 3.8) is 0 Å². The summed E-state index contributed by atoms with van der Waals surface area (Å²) in [6.45, 7) is 1.52. The first-order chi connectivity index (χ1) is 6.62. The molecule has 1 aromatic carbocycles. The van der Waals surface area contributed by atoms with Gasteiger partial charge in [-0.2, -0.15) is 16.8 Å². The largest absolute Gasteiger partial charge is 0.295 e. The second-order valence-electron chi connectivity index (χ2n) is 2.90. The summed E-state index contributed by atoms with van der Waals surface area (Å²) in [6.07, 6.45) is 0. The van der Waals surface area contributed by atoms with E-state index in [-0.39, 0.29) is 22.4 Å². The third kappa shape index (κ3) is 3.67. The van der Waals surface area contributed by atoms with Gasteiger partial charge in [-0.1, -0.05) is 6.07 Å². The van der Waals surface area contributed by atoms with Crippen molar-refractivity contribution in [2.24, 2.45) is 0 Å². The first-order valence-electron chi connectivity index (χ1n) is 3.68. The Balaban J connectivity index is 0.00000225. The monoisotopic (exact) mass is 359 g/mol. The molecule has 0 unspecified atom stereocenters. The van der Waals surface area contributed by atoms with E-state index in [1.807, 2.05) is 0 Å². The summed E-state index contributed by atoms with van der Waals surface area (Å²) in [5.41, 5.74) is 0.440. The number of hydrogen-bond donors (Lipinski definition) is 2. The Morgan fingerprint density at radius 3 is 1.75 bits per heavy atom. The molecular weight excluding hydrogens is 352 g/mol. The molecule has 1 rings (SSSR count). The van der Waals surface area contributed by atoms with Crippen molar-refractivity contribution in [2.75, 3.05) is 0 Å². The second kappa shape index (κ2) is 4.96. The quantitative estimate of drug-likeness (QED) is 0.587. The predicted octanol–water partition coefficient (Wildman–Crippen LogP) is 0.486. The Morgan fingerprint density at radius 2 is 1.38 bits per heavy atom. The molecule has 0 aliphatic heterocycles. The maximum Gasteiger partial charge on any atom is 0.295 e. The SMILES string of the molecule is Cc1ccc(S(=O)(=O)O)c(S(=O)(=O)O)c1.[Ag]. The number of rotatable bonds is 2. The summed E-state index contributed by atoms with van der Waals surface area (Å²) < 4.78 is 60.7. The van der Waals surface area contributed by atoms with Gasteiger partial charge < -0.3 is 0 Å². The van der Waals surface area contributed by atoms with Crippen LogP contribution in [0.15, 0.2) is 28.0 Å². The number of hydrogen-bond acceptors (Lipinski definition) is 4. The summed E-state index contributed by atoms with van der Waals surface area (Å²) in [7, 11) is -9.35. The van der Waals surface area contributed by atoms with Crippen LogP contribution in [0.5, 0.6) is 0 Å². The van der Waals surface area contributed by atoms with Crippen molar-refractivity contribution in [2.45, 2.75) is 16.7 Å². The molecule has 0 fully saturated rings. The van der Waals surface area contributed by atoms with E-state index < -0.39 is 30.0 Å². The zero-order valence-corrected chi connectivity index (χ0v) is 11.0. The van der Waals surface area contributed by atoms with E-state index in [4.69, 9.17) is 9.11 Å². The molecule has 0 saturated heterocycles. The van der Waals surface area contributed by atoms with E-state index in [2.05, 4.69) is 0 Å². The van der Waals surface area contributed by atoms with Crippen LogP contribution in [-0.2, 0) is 42.6 Å². The molecule has 0 spiro atoms. The fourth-order valence-corrected chi connectivity index (χ4v) is 2.87. The van der Waals surface area contributed by atoms with Gasteiger partial charge in [0, 0.05) is 22.4 Å². The average molecular weight is 360 g/mol. The van der Waals surface area contributed by atoms with E-state index in [9.17, 15) is 16.8 Å². The van der Waals surface area contributed by atoms with Crippen molar-refractivity contribution >= 4 is 20.2 Å². The minimum atomic E-state index is -4.68.